The van der Waals surface area contributed by atoms with Crippen LogP contribution in [0.4, 0.5) is 9.18 Å². The third kappa shape index (κ3) is 4.21. The van der Waals surface area contributed by atoms with E-state index in [0.717, 1.165) is 27.2 Å². The van der Waals surface area contributed by atoms with Crippen LogP contribution < -0.4 is 0 Å². The third-order valence-electron chi connectivity index (χ3n) is 6.02. The molecule has 0 aliphatic heterocycles. The number of likely N-dealkylation sites (N-methyl/N-ethyl adjacent to an activating group) is 1. The van der Waals surface area contributed by atoms with Crippen molar-refractivity contribution in [3.8, 4) is 11.1 Å². The molecular weight excluding hydrogens is 409 g/mol. The Kier molecular flexibility index (Phi) is 6.21. The van der Waals surface area contributed by atoms with Crippen LogP contribution in [0.2, 0.25) is 0 Å². The van der Waals surface area contributed by atoms with Crippen molar-refractivity contribution in [1.82, 2.24) is 4.90 Å². The molecule has 0 fully saturated rings. The number of carbonyl (C=O) groups excluding carboxylic acids is 1. The molecule has 3 aromatic carbocycles. The van der Waals surface area contributed by atoms with E-state index in [1.54, 1.807) is 18.2 Å². The van der Waals surface area contributed by atoms with Crippen LogP contribution in [0.15, 0.2) is 72.8 Å². The molecule has 1 amide bonds. The number of rotatable bonds is 7. The minimum atomic E-state index is -1.16. The van der Waals surface area contributed by atoms with Crippen molar-refractivity contribution >= 4 is 12.1 Å². The molecule has 0 saturated heterocycles. The summed E-state index contributed by atoms with van der Waals surface area (Å²) >= 11 is 0. The lowest BCUT2D eigenvalue weighted by Gasteiger charge is -2.25. The first-order valence-electron chi connectivity index (χ1n) is 10.5. The Hall–Kier alpha value is -3.67. The largest absolute Gasteiger partial charge is 0.480 e. The second-order valence-electron chi connectivity index (χ2n) is 7.90. The van der Waals surface area contributed by atoms with E-state index in [4.69, 9.17) is 4.74 Å². The summed E-state index contributed by atoms with van der Waals surface area (Å²) in [4.78, 5) is 25.6. The number of aryl methyl sites for hydroxylation is 1. The number of amides is 1. The van der Waals surface area contributed by atoms with E-state index in [9.17, 15) is 19.1 Å². The number of hydrogen-bond acceptors (Lipinski definition) is 3. The lowest BCUT2D eigenvalue weighted by molar-refractivity contribution is -0.142. The predicted molar refractivity (Wildman–Crippen MR) is 119 cm³/mol. The zero-order valence-electron chi connectivity index (χ0n) is 17.7. The number of halogens is 1. The zero-order chi connectivity index (χ0) is 22.7. The Morgan fingerprint density at radius 3 is 2.12 bits per heavy atom. The first-order chi connectivity index (χ1) is 15.5. The molecule has 1 aliphatic carbocycles. The van der Waals surface area contributed by atoms with Gasteiger partial charge >= 0.3 is 12.1 Å². The van der Waals surface area contributed by atoms with Gasteiger partial charge in [-0.1, -0.05) is 66.7 Å². The highest BCUT2D eigenvalue weighted by Crippen LogP contribution is 2.44. The summed E-state index contributed by atoms with van der Waals surface area (Å²) < 4.78 is 19.4. The standard InChI is InChI=1S/C26H24FNO4/c1-28(24(25(29)30)15-14-17-8-2-7-13-23(17)27)26(31)32-16-22-20-11-5-3-9-18(20)19-10-4-6-12-21(19)22/h2-13,22,24H,14-16H2,1H3,(H,29,30). The highest BCUT2D eigenvalue weighted by molar-refractivity contribution is 5.81. The summed E-state index contributed by atoms with van der Waals surface area (Å²) in [6, 6.07) is 21.1. The average Bonchev–Trinajstić information content (AvgIpc) is 3.12. The van der Waals surface area contributed by atoms with Crippen LogP contribution in [0.3, 0.4) is 0 Å². The molecule has 164 valence electrons. The van der Waals surface area contributed by atoms with Crippen LogP contribution >= 0.6 is 0 Å². The molecule has 0 radical (unpaired) electrons. The quantitative estimate of drug-likeness (QED) is 0.564. The molecule has 0 spiro atoms. The molecule has 1 unspecified atom stereocenters. The van der Waals surface area contributed by atoms with Crippen molar-refractivity contribution in [2.24, 2.45) is 0 Å². The van der Waals surface area contributed by atoms with Gasteiger partial charge in [0.1, 0.15) is 18.5 Å². The molecule has 0 aromatic heterocycles. The van der Waals surface area contributed by atoms with Crippen molar-refractivity contribution in [3.05, 3.63) is 95.3 Å². The minimum absolute atomic E-state index is 0.0803. The van der Waals surface area contributed by atoms with Crippen LogP contribution in [0.5, 0.6) is 0 Å². The third-order valence-corrected chi connectivity index (χ3v) is 6.02. The van der Waals surface area contributed by atoms with Crippen molar-refractivity contribution in [1.29, 1.82) is 0 Å². The van der Waals surface area contributed by atoms with Gasteiger partial charge in [-0.25, -0.2) is 14.0 Å². The van der Waals surface area contributed by atoms with Crippen LogP contribution in [0, 0.1) is 5.82 Å². The number of benzene rings is 3. The summed E-state index contributed by atoms with van der Waals surface area (Å²) in [5, 5.41) is 9.64. The van der Waals surface area contributed by atoms with Crippen LogP contribution in [0.25, 0.3) is 11.1 Å². The fourth-order valence-electron chi connectivity index (χ4n) is 4.30. The van der Waals surface area contributed by atoms with Crippen molar-refractivity contribution in [2.75, 3.05) is 13.7 Å². The second-order valence-corrected chi connectivity index (χ2v) is 7.90. The van der Waals surface area contributed by atoms with Gasteiger partial charge in [-0.15, -0.1) is 0 Å². The van der Waals surface area contributed by atoms with E-state index in [2.05, 4.69) is 0 Å². The number of carbonyl (C=O) groups is 2. The molecule has 5 nitrogen and oxygen atoms in total. The van der Waals surface area contributed by atoms with Crippen molar-refractivity contribution in [2.45, 2.75) is 24.8 Å². The van der Waals surface area contributed by atoms with E-state index in [-0.39, 0.29) is 31.2 Å². The molecule has 3 aromatic rings. The number of aliphatic carboxylic acids is 1. The minimum Gasteiger partial charge on any atom is -0.480 e. The van der Waals surface area contributed by atoms with E-state index < -0.39 is 18.1 Å². The van der Waals surface area contributed by atoms with Crippen LogP contribution in [-0.2, 0) is 16.0 Å². The van der Waals surface area contributed by atoms with Gasteiger partial charge in [-0.05, 0) is 46.7 Å². The second kappa shape index (κ2) is 9.22. The number of carboxylic acid groups (broad SMARTS) is 1. The van der Waals surface area contributed by atoms with Crippen LogP contribution in [0.1, 0.15) is 29.0 Å². The topological polar surface area (TPSA) is 66.8 Å². The maximum Gasteiger partial charge on any atom is 0.410 e. The predicted octanol–water partition coefficient (Wildman–Crippen LogP) is 5.09. The lowest BCUT2D eigenvalue weighted by Crippen LogP contribution is -2.43. The molecule has 32 heavy (non-hydrogen) atoms. The van der Waals surface area contributed by atoms with Crippen LogP contribution in [-0.4, -0.2) is 41.8 Å². The van der Waals surface area contributed by atoms with Gasteiger partial charge in [-0.3, -0.25) is 4.90 Å². The Labute approximate surface area is 186 Å². The molecule has 0 heterocycles. The van der Waals surface area contributed by atoms with Crippen molar-refractivity contribution in [3.63, 3.8) is 0 Å². The van der Waals surface area contributed by atoms with Gasteiger partial charge in [0.05, 0.1) is 0 Å². The Morgan fingerprint density at radius 1 is 0.969 bits per heavy atom. The van der Waals surface area contributed by atoms with Gasteiger partial charge in [0, 0.05) is 13.0 Å². The summed E-state index contributed by atoms with van der Waals surface area (Å²) in [6.07, 6.45) is -0.436. The average molecular weight is 433 g/mol. The van der Waals surface area contributed by atoms with Gasteiger partial charge in [0.15, 0.2) is 0 Å². The van der Waals surface area contributed by atoms with Gasteiger partial charge < -0.3 is 9.84 Å². The number of fused-ring (bicyclic) bond motifs is 3. The van der Waals surface area contributed by atoms with E-state index >= 15 is 0 Å². The molecule has 1 N–H and O–H groups in total. The summed E-state index contributed by atoms with van der Waals surface area (Å²) in [6.45, 7) is 0.108. The maximum atomic E-state index is 13.9. The molecule has 6 heteroatoms. The smallest absolute Gasteiger partial charge is 0.410 e. The molecule has 1 aliphatic rings. The van der Waals surface area contributed by atoms with E-state index in [1.807, 2.05) is 48.5 Å². The Bertz CT molecular complexity index is 1100. The lowest BCUT2D eigenvalue weighted by atomic mass is 9.98. The molecule has 1 atom stereocenters. The molecular formula is C26H24FNO4. The fourth-order valence-corrected chi connectivity index (χ4v) is 4.30. The Balaban J connectivity index is 1.44. The van der Waals surface area contributed by atoms with Gasteiger partial charge in [0.25, 0.3) is 0 Å². The summed E-state index contributed by atoms with van der Waals surface area (Å²) in [5.74, 6) is -1.65. The zero-order valence-corrected chi connectivity index (χ0v) is 17.7. The number of hydrogen-bond donors (Lipinski definition) is 1. The molecule has 4 rings (SSSR count). The molecule has 0 saturated carbocycles. The molecule has 0 bridgehead atoms. The fraction of sp³-hybridized carbons (Fsp3) is 0.231. The normalized spacial score (nSPS) is 13.2. The van der Waals surface area contributed by atoms with Crippen molar-refractivity contribution < 1.29 is 23.8 Å². The number of ether oxygens (including phenoxy) is 1. The number of nitrogens with zero attached hydrogens (tertiary/aromatic N) is 1. The van der Waals surface area contributed by atoms with E-state index in [0.29, 0.717) is 5.56 Å². The monoisotopic (exact) mass is 433 g/mol. The first-order valence-corrected chi connectivity index (χ1v) is 10.5. The highest BCUT2D eigenvalue weighted by Gasteiger charge is 2.31. The highest BCUT2D eigenvalue weighted by atomic mass is 19.1. The number of carboxylic acids is 1. The van der Waals surface area contributed by atoms with Gasteiger partial charge in [0.2, 0.25) is 0 Å². The summed E-state index contributed by atoms with van der Waals surface area (Å²) in [5.41, 5.74) is 4.81. The summed E-state index contributed by atoms with van der Waals surface area (Å²) in [7, 11) is 1.40. The van der Waals surface area contributed by atoms with Gasteiger partial charge in [-0.2, -0.15) is 0 Å². The van der Waals surface area contributed by atoms with E-state index in [1.165, 1.54) is 13.1 Å². The first kappa shape index (κ1) is 21.6. The Morgan fingerprint density at radius 2 is 1.53 bits per heavy atom. The SMILES string of the molecule is CN(C(=O)OCC1c2ccccc2-c2ccccc21)C(CCc1ccccc1F)C(=O)O. The maximum absolute atomic E-state index is 13.9.